The molecule has 1 atom stereocenters. The Labute approximate surface area is 98.2 Å². The average molecular weight is 234 g/mol. The summed E-state index contributed by atoms with van der Waals surface area (Å²) in [6.07, 6.45) is 5.30. The van der Waals surface area contributed by atoms with Crippen LogP contribution in [-0.4, -0.2) is 18.6 Å². The van der Waals surface area contributed by atoms with Gasteiger partial charge >= 0.3 is 0 Å². The van der Waals surface area contributed by atoms with E-state index in [4.69, 9.17) is 16.9 Å². The Kier molecular flexibility index (Phi) is 2.64. The molecule has 0 spiro atoms. The van der Waals surface area contributed by atoms with Crippen LogP contribution < -0.4 is 15.4 Å². The number of amides is 1. The van der Waals surface area contributed by atoms with Gasteiger partial charge in [-0.1, -0.05) is 5.92 Å². The molecule has 1 aliphatic heterocycles. The van der Waals surface area contributed by atoms with Gasteiger partial charge in [0.1, 0.15) is 11.6 Å². The largest absolute Gasteiger partial charge is 0.481 e. The summed E-state index contributed by atoms with van der Waals surface area (Å²) >= 11 is 0. The van der Waals surface area contributed by atoms with Crippen molar-refractivity contribution in [3.8, 4) is 18.1 Å². The minimum absolute atomic E-state index is 0.0451. The first kappa shape index (κ1) is 11.3. The number of nitrogens with two attached hydrogens (primary N) is 1. The van der Waals surface area contributed by atoms with E-state index < -0.39 is 11.9 Å². The van der Waals surface area contributed by atoms with Crippen molar-refractivity contribution < 1.29 is 13.9 Å². The van der Waals surface area contributed by atoms with Gasteiger partial charge in [-0.15, -0.1) is 6.42 Å². The molecule has 0 saturated carbocycles. The highest BCUT2D eigenvalue weighted by Crippen LogP contribution is 2.36. The monoisotopic (exact) mass is 234 g/mol. The Hall–Kier alpha value is -2.22. The minimum Gasteiger partial charge on any atom is -0.481 e. The first-order valence-electron chi connectivity index (χ1n) is 5.04. The summed E-state index contributed by atoms with van der Waals surface area (Å²) < 4.78 is 18.4. The number of nitrogens with zero attached hydrogens (tertiary/aromatic N) is 1. The molecular weight excluding hydrogens is 223 g/mol. The van der Waals surface area contributed by atoms with Crippen LogP contribution in [0.15, 0.2) is 12.1 Å². The number of hydrogen-bond acceptors (Lipinski definition) is 3. The van der Waals surface area contributed by atoms with E-state index in [2.05, 4.69) is 5.92 Å². The first-order valence-corrected chi connectivity index (χ1v) is 5.04. The zero-order valence-electron chi connectivity index (χ0n) is 9.24. The van der Waals surface area contributed by atoms with Crippen LogP contribution in [0.2, 0.25) is 0 Å². The fraction of sp³-hybridized carbons (Fsp3) is 0.250. The lowest BCUT2D eigenvalue weighted by Gasteiger charge is -2.32. The van der Waals surface area contributed by atoms with Crippen LogP contribution in [0, 0.1) is 18.2 Å². The maximum atomic E-state index is 13.3. The van der Waals surface area contributed by atoms with Crippen molar-refractivity contribution in [3.05, 3.63) is 17.9 Å². The fourth-order valence-electron chi connectivity index (χ4n) is 1.71. The van der Waals surface area contributed by atoms with Crippen LogP contribution in [0.25, 0.3) is 0 Å². The van der Waals surface area contributed by atoms with Gasteiger partial charge in [-0.25, -0.2) is 4.39 Å². The van der Waals surface area contributed by atoms with Crippen molar-refractivity contribution in [3.63, 3.8) is 0 Å². The number of halogens is 1. The van der Waals surface area contributed by atoms with E-state index in [0.29, 0.717) is 5.69 Å². The summed E-state index contributed by atoms with van der Waals surface area (Å²) in [7, 11) is 0. The molecule has 0 fully saturated rings. The van der Waals surface area contributed by atoms with Gasteiger partial charge in [0, 0.05) is 6.07 Å². The Balaban J connectivity index is 2.55. The number of carbonyl (C=O) groups is 1. The number of nitrogen functional groups attached to an aromatic ring is 1. The van der Waals surface area contributed by atoms with Crippen LogP contribution in [0.3, 0.4) is 0 Å². The predicted octanol–water partition coefficient (Wildman–Crippen LogP) is 1.16. The Morgan fingerprint density at radius 2 is 2.35 bits per heavy atom. The summed E-state index contributed by atoms with van der Waals surface area (Å²) in [4.78, 5) is 13.1. The summed E-state index contributed by atoms with van der Waals surface area (Å²) in [6.45, 7) is 1.55. The highest BCUT2D eigenvalue weighted by Gasteiger charge is 2.29. The Morgan fingerprint density at radius 1 is 1.65 bits per heavy atom. The lowest BCUT2D eigenvalue weighted by molar-refractivity contribution is -0.121. The van der Waals surface area contributed by atoms with Crippen LogP contribution in [-0.2, 0) is 4.79 Å². The smallest absolute Gasteiger partial charge is 0.266 e. The van der Waals surface area contributed by atoms with Crippen molar-refractivity contribution in [2.24, 2.45) is 0 Å². The molecule has 1 aliphatic rings. The number of rotatable bonds is 1. The molecule has 0 aromatic heterocycles. The molecule has 4 nitrogen and oxygen atoms in total. The van der Waals surface area contributed by atoms with Crippen molar-refractivity contribution >= 4 is 17.3 Å². The second-order valence-electron chi connectivity index (χ2n) is 3.74. The Morgan fingerprint density at radius 3 is 3.00 bits per heavy atom. The van der Waals surface area contributed by atoms with Crippen molar-refractivity contribution in [1.29, 1.82) is 0 Å². The lowest BCUT2D eigenvalue weighted by atomic mass is 10.1. The Bertz CT molecular complexity index is 522. The molecule has 2 rings (SSSR count). The molecule has 2 N–H and O–H groups in total. The van der Waals surface area contributed by atoms with Crippen molar-refractivity contribution in [2.45, 2.75) is 13.0 Å². The van der Waals surface area contributed by atoms with Gasteiger partial charge in [0.05, 0.1) is 17.4 Å². The molecule has 1 heterocycles. The number of terminal acetylenes is 1. The molecule has 0 radical (unpaired) electrons. The summed E-state index contributed by atoms with van der Waals surface area (Å²) in [5.41, 5.74) is 5.84. The number of ether oxygens (including phenoxy) is 1. The van der Waals surface area contributed by atoms with Gasteiger partial charge in [-0.2, -0.15) is 0 Å². The van der Waals surface area contributed by atoms with Gasteiger partial charge in [-0.05, 0) is 13.0 Å². The zero-order chi connectivity index (χ0) is 12.6. The van der Waals surface area contributed by atoms with E-state index in [0.717, 1.165) is 6.07 Å². The third kappa shape index (κ3) is 1.78. The van der Waals surface area contributed by atoms with E-state index in [1.165, 1.54) is 11.0 Å². The van der Waals surface area contributed by atoms with Crippen LogP contribution >= 0.6 is 0 Å². The topological polar surface area (TPSA) is 55.6 Å². The second-order valence-corrected chi connectivity index (χ2v) is 3.74. The molecule has 1 aromatic carbocycles. The molecule has 17 heavy (non-hydrogen) atoms. The molecular formula is C12H11FN2O2. The normalized spacial score (nSPS) is 15.8. The number of benzene rings is 1. The molecule has 1 amide bonds. The third-order valence-electron chi connectivity index (χ3n) is 2.59. The van der Waals surface area contributed by atoms with Crippen LogP contribution in [0.4, 0.5) is 15.8 Å². The highest BCUT2D eigenvalue weighted by molar-refractivity contribution is 5.99. The van der Waals surface area contributed by atoms with Crippen molar-refractivity contribution in [2.75, 3.05) is 17.2 Å². The number of anilines is 2. The molecule has 88 valence electrons. The van der Waals surface area contributed by atoms with Gasteiger partial charge < -0.3 is 10.5 Å². The van der Waals surface area contributed by atoms with Crippen LogP contribution in [0.1, 0.15) is 6.92 Å². The first-order chi connectivity index (χ1) is 8.04. The number of carbonyl (C=O) groups excluding carboxylic acids is 1. The van der Waals surface area contributed by atoms with E-state index in [-0.39, 0.29) is 24.0 Å². The molecule has 0 saturated heterocycles. The zero-order valence-corrected chi connectivity index (χ0v) is 9.24. The van der Waals surface area contributed by atoms with E-state index >= 15 is 0 Å². The average Bonchev–Trinajstić information content (AvgIpc) is 2.30. The fourth-order valence-corrected chi connectivity index (χ4v) is 1.71. The predicted molar refractivity (Wildman–Crippen MR) is 62.1 cm³/mol. The standard InChI is InChI=1S/C12H11FN2O2/c1-3-7(2)15-10-5-9(14)8(13)4-11(10)17-6-12(15)16/h1,4-5,7H,6,14H2,2H3. The minimum atomic E-state index is -0.577. The summed E-state index contributed by atoms with van der Waals surface area (Å²) in [6, 6.07) is 2.08. The number of fused-ring (bicyclic) bond motifs is 1. The van der Waals surface area contributed by atoms with E-state index in [1.807, 2.05) is 0 Å². The van der Waals surface area contributed by atoms with Gasteiger partial charge in [0.25, 0.3) is 5.91 Å². The molecule has 5 heteroatoms. The lowest BCUT2D eigenvalue weighted by Crippen LogP contribution is -2.44. The van der Waals surface area contributed by atoms with Crippen molar-refractivity contribution in [1.82, 2.24) is 0 Å². The van der Waals surface area contributed by atoms with Gasteiger partial charge in [-0.3, -0.25) is 9.69 Å². The molecule has 0 bridgehead atoms. The van der Waals surface area contributed by atoms with Gasteiger partial charge in [0.15, 0.2) is 6.61 Å². The quantitative estimate of drug-likeness (QED) is 0.586. The van der Waals surface area contributed by atoms with Crippen LogP contribution in [0.5, 0.6) is 5.75 Å². The SMILES string of the molecule is C#CC(C)N1C(=O)COc2cc(F)c(N)cc21. The van der Waals surface area contributed by atoms with E-state index in [1.54, 1.807) is 6.92 Å². The number of hydrogen-bond donors (Lipinski definition) is 1. The summed E-state index contributed by atoms with van der Waals surface area (Å²) in [5, 5.41) is 0. The molecule has 1 aromatic rings. The molecule has 0 aliphatic carbocycles. The summed E-state index contributed by atoms with van der Waals surface area (Å²) in [5.74, 6) is 1.88. The van der Waals surface area contributed by atoms with E-state index in [9.17, 15) is 9.18 Å². The third-order valence-corrected chi connectivity index (χ3v) is 2.59. The van der Waals surface area contributed by atoms with Gasteiger partial charge in [0.2, 0.25) is 0 Å². The maximum absolute atomic E-state index is 13.3. The highest BCUT2D eigenvalue weighted by atomic mass is 19.1. The second kappa shape index (κ2) is 3.98. The maximum Gasteiger partial charge on any atom is 0.266 e. The molecule has 1 unspecified atom stereocenters.